The highest BCUT2D eigenvalue weighted by atomic mass is 32.1. The minimum atomic E-state index is -0.346. The molecular weight excluding hydrogens is 304 g/mol. The molecule has 2 rings (SSSR count). The lowest BCUT2D eigenvalue weighted by atomic mass is 10.2. The van der Waals surface area contributed by atoms with Crippen molar-refractivity contribution in [3.63, 3.8) is 0 Å². The molecule has 0 radical (unpaired) electrons. The van der Waals surface area contributed by atoms with E-state index >= 15 is 0 Å². The van der Waals surface area contributed by atoms with Gasteiger partial charge in [0.25, 0.3) is 5.91 Å². The smallest absolute Gasteiger partial charge is 0.258 e. The molecule has 0 fully saturated rings. The molecule has 0 aliphatic heterocycles. The number of aryl methyl sites for hydroxylation is 1. The van der Waals surface area contributed by atoms with Gasteiger partial charge in [-0.2, -0.15) is 0 Å². The molecule has 2 amide bonds. The maximum absolute atomic E-state index is 12.0. The summed E-state index contributed by atoms with van der Waals surface area (Å²) in [5, 5.41) is 7.64. The largest absolute Gasteiger partial charge is 0.356 e. The summed E-state index contributed by atoms with van der Waals surface area (Å²) in [6.45, 7) is 2.47. The normalized spacial score (nSPS) is 10.2. The average Bonchev–Trinajstić information content (AvgIpc) is 2.93. The van der Waals surface area contributed by atoms with Crippen LogP contribution in [-0.2, 0) is 11.2 Å². The fourth-order valence-electron chi connectivity index (χ4n) is 1.73. The van der Waals surface area contributed by atoms with E-state index in [9.17, 15) is 14.4 Å². The maximum atomic E-state index is 12.0. The van der Waals surface area contributed by atoms with Crippen molar-refractivity contribution in [2.75, 3.05) is 11.9 Å². The Bertz CT molecular complexity index is 702. The van der Waals surface area contributed by atoms with Crippen molar-refractivity contribution >= 4 is 28.3 Å². The van der Waals surface area contributed by atoms with Gasteiger partial charge in [0.1, 0.15) is 0 Å². The van der Waals surface area contributed by atoms with Crippen LogP contribution in [0.1, 0.15) is 29.4 Å². The zero-order chi connectivity index (χ0) is 15.9. The second kappa shape index (κ2) is 7.51. The van der Waals surface area contributed by atoms with Gasteiger partial charge in [0, 0.05) is 30.6 Å². The molecular formula is C14H16N4O3S. The number of rotatable bonds is 6. The van der Waals surface area contributed by atoms with Crippen LogP contribution in [0, 0.1) is 0 Å². The van der Waals surface area contributed by atoms with E-state index in [0.717, 1.165) is 5.69 Å². The Kier molecular flexibility index (Phi) is 5.42. The highest BCUT2D eigenvalue weighted by Crippen LogP contribution is 2.17. The lowest BCUT2D eigenvalue weighted by Crippen LogP contribution is -2.22. The van der Waals surface area contributed by atoms with Crippen molar-refractivity contribution in [2.45, 2.75) is 19.8 Å². The molecule has 116 valence electrons. The van der Waals surface area contributed by atoms with Gasteiger partial charge in [-0.1, -0.05) is 0 Å². The average molecular weight is 320 g/mol. The molecule has 0 spiro atoms. The number of thiazole rings is 1. The third-order valence-electron chi connectivity index (χ3n) is 2.80. The Morgan fingerprint density at radius 3 is 2.86 bits per heavy atom. The molecule has 0 bridgehead atoms. The number of carbonyl (C=O) groups excluding carboxylic acids is 2. The van der Waals surface area contributed by atoms with Gasteiger partial charge in [0.05, 0.1) is 11.3 Å². The fraction of sp³-hybridized carbons (Fsp3) is 0.286. The van der Waals surface area contributed by atoms with Gasteiger partial charge < -0.3 is 10.3 Å². The van der Waals surface area contributed by atoms with Gasteiger partial charge in [-0.15, -0.1) is 11.3 Å². The van der Waals surface area contributed by atoms with Gasteiger partial charge in [-0.25, -0.2) is 4.98 Å². The van der Waals surface area contributed by atoms with Crippen LogP contribution in [0.15, 0.2) is 28.5 Å². The van der Waals surface area contributed by atoms with Gasteiger partial charge in [-0.3, -0.25) is 19.7 Å². The SMILES string of the molecule is CCNC(=O)CCc1csc(NC(=O)c2ccc(=O)[nH]c2)n1. The summed E-state index contributed by atoms with van der Waals surface area (Å²) in [6.07, 6.45) is 2.24. The van der Waals surface area contributed by atoms with E-state index in [4.69, 9.17) is 0 Å². The first kappa shape index (κ1) is 15.9. The first-order valence-corrected chi connectivity index (χ1v) is 7.67. The van der Waals surface area contributed by atoms with E-state index in [0.29, 0.717) is 30.1 Å². The Balaban J connectivity index is 1.91. The molecule has 0 atom stereocenters. The van der Waals surface area contributed by atoms with Gasteiger partial charge in [0.2, 0.25) is 11.5 Å². The number of amides is 2. The molecule has 0 saturated carbocycles. The fourth-order valence-corrected chi connectivity index (χ4v) is 2.47. The minimum absolute atomic E-state index is 0.0191. The van der Waals surface area contributed by atoms with Gasteiger partial charge in [-0.05, 0) is 19.4 Å². The number of carbonyl (C=O) groups is 2. The van der Waals surface area contributed by atoms with Crippen LogP contribution in [0.25, 0.3) is 0 Å². The molecule has 7 nitrogen and oxygen atoms in total. The summed E-state index contributed by atoms with van der Waals surface area (Å²) in [5.74, 6) is -0.366. The maximum Gasteiger partial charge on any atom is 0.258 e. The van der Waals surface area contributed by atoms with Crippen LogP contribution in [0.4, 0.5) is 5.13 Å². The van der Waals surface area contributed by atoms with Gasteiger partial charge in [0.15, 0.2) is 5.13 Å². The molecule has 0 unspecified atom stereocenters. The van der Waals surface area contributed by atoms with Crippen molar-refractivity contribution in [2.24, 2.45) is 0 Å². The van der Waals surface area contributed by atoms with E-state index in [1.54, 1.807) is 0 Å². The number of pyridine rings is 1. The zero-order valence-corrected chi connectivity index (χ0v) is 12.8. The molecule has 2 aromatic heterocycles. The first-order chi connectivity index (χ1) is 10.6. The van der Waals surface area contributed by atoms with Crippen molar-refractivity contribution in [3.8, 4) is 0 Å². The summed E-state index contributed by atoms with van der Waals surface area (Å²) in [6, 6.07) is 2.73. The molecule has 22 heavy (non-hydrogen) atoms. The standard InChI is InChI=1S/C14H16N4O3S/c1-2-15-11(19)6-4-10-8-22-14(17-10)18-13(21)9-3-5-12(20)16-7-9/h3,5,7-8H,2,4,6H2,1H3,(H,15,19)(H,16,20)(H,17,18,21). The van der Waals surface area contributed by atoms with Crippen molar-refractivity contribution in [1.29, 1.82) is 0 Å². The molecule has 0 aliphatic rings. The summed E-state index contributed by atoms with van der Waals surface area (Å²) in [7, 11) is 0. The molecule has 2 heterocycles. The topological polar surface area (TPSA) is 104 Å². The van der Waals surface area contributed by atoms with E-state index in [2.05, 4.69) is 20.6 Å². The Morgan fingerprint density at radius 1 is 1.36 bits per heavy atom. The van der Waals surface area contributed by atoms with Crippen molar-refractivity contribution < 1.29 is 9.59 Å². The second-order valence-corrected chi connectivity index (χ2v) is 5.35. The lowest BCUT2D eigenvalue weighted by Gasteiger charge is -2.01. The summed E-state index contributed by atoms with van der Waals surface area (Å²) < 4.78 is 0. The van der Waals surface area contributed by atoms with Crippen LogP contribution >= 0.6 is 11.3 Å². The highest BCUT2D eigenvalue weighted by molar-refractivity contribution is 7.13. The molecule has 2 aromatic rings. The monoisotopic (exact) mass is 320 g/mol. The van der Waals surface area contributed by atoms with Crippen LogP contribution in [-0.4, -0.2) is 28.3 Å². The summed E-state index contributed by atoms with van der Waals surface area (Å²) in [4.78, 5) is 41.0. The van der Waals surface area contributed by atoms with E-state index in [1.807, 2.05) is 12.3 Å². The summed E-state index contributed by atoms with van der Waals surface area (Å²) >= 11 is 1.29. The number of nitrogens with zero attached hydrogens (tertiary/aromatic N) is 1. The Morgan fingerprint density at radius 2 is 2.18 bits per heavy atom. The van der Waals surface area contributed by atoms with Crippen LogP contribution in [0.3, 0.4) is 0 Å². The zero-order valence-electron chi connectivity index (χ0n) is 12.0. The quantitative estimate of drug-likeness (QED) is 0.742. The van der Waals surface area contributed by atoms with Crippen molar-refractivity contribution in [1.82, 2.24) is 15.3 Å². The lowest BCUT2D eigenvalue weighted by molar-refractivity contribution is -0.120. The first-order valence-electron chi connectivity index (χ1n) is 6.79. The molecule has 8 heteroatoms. The molecule has 0 aromatic carbocycles. The van der Waals surface area contributed by atoms with E-state index < -0.39 is 0 Å². The minimum Gasteiger partial charge on any atom is -0.356 e. The summed E-state index contributed by atoms with van der Waals surface area (Å²) in [5.41, 5.74) is 0.838. The molecule has 0 aliphatic carbocycles. The van der Waals surface area contributed by atoms with Crippen molar-refractivity contribution in [3.05, 3.63) is 45.3 Å². The Hall–Kier alpha value is -2.48. The third kappa shape index (κ3) is 4.52. The highest BCUT2D eigenvalue weighted by Gasteiger charge is 2.10. The number of hydrogen-bond acceptors (Lipinski definition) is 5. The number of nitrogens with one attached hydrogen (secondary N) is 3. The number of hydrogen-bond donors (Lipinski definition) is 3. The molecule has 3 N–H and O–H groups in total. The predicted molar refractivity (Wildman–Crippen MR) is 84.1 cm³/mol. The van der Waals surface area contributed by atoms with Crippen LogP contribution in [0.2, 0.25) is 0 Å². The van der Waals surface area contributed by atoms with E-state index in [-0.39, 0.29) is 17.4 Å². The second-order valence-electron chi connectivity index (χ2n) is 4.49. The Labute approximate surface area is 130 Å². The van der Waals surface area contributed by atoms with E-state index in [1.165, 1.54) is 29.7 Å². The number of aromatic nitrogens is 2. The van der Waals surface area contributed by atoms with Gasteiger partial charge >= 0.3 is 0 Å². The molecule has 0 saturated heterocycles. The number of aromatic amines is 1. The number of H-pyrrole nitrogens is 1. The number of anilines is 1. The van der Waals surface area contributed by atoms with Crippen LogP contribution < -0.4 is 16.2 Å². The predicted octanol–water partition coefficient (Wildman–Crippen LogP) is 1.15. The third-order valence-corrected chi connectivity index (χ3v) is 3.61. The van der Waals surface area contributed by atoms with Crippen LogP contribution in [0.5, 0.6) is 0 Å².